The molecule has 0 spiro atoms. The molecule has 5 heteroatoms. The average molecular weight is 291 g/mol. The van der Waals surface area contributed by atoms with E-state index in [9.17, 15) is 0 Å². The van der Waals surface area contributed by atoms with Gasteiger partial charge in [0.05, 0.1) is 6.20 Å². The number of hydrogen-bond donors (Lipinski definition) is 1. The van der Waals surface area contributed by atoms with Crippen molar-refractivity contribution in [3.8, 4) is 0 Å². The average Bonchev–Trinajstić information content (AvgIpc) is 2.41. The SMILES string of the molecule is CCNc1ncc(Cl)c(N(C)Cc2cccc(C)c2)n1. The van der Waals surface area contributed by atoms with Gasteiger partial charge in [-0.05, 0) is 19.4 Å². The minimum absolute atomic E-state index is 0.557. The Morgan fingerprint density at radius 2 is 2.15 bits per heavy atom. The smallest absolute Gasteiger partial charge is 0.224 e. The lowest BCUT2D eigenvalue weighted by atomic mass is 10.1. The van der Waals surface area contributed by atoms with Crippen molar-refractivity contribution in [1.82, 2.24) is 9.97 Å². The topological polar surface area (TPSA) is 41.1 Å². The first-order valence-corrected chi connectivity index (χ1v) is 7.01. The summed E-state index contributed by atoms with van der Waals surface area (Å²) in [4.78, 5) is 10.6. The highest BCUT2D eigenvalue weighted by Gasteiger charge is 2.10. The first kappa shape index (κ1) is 14.6. The molecule has 2 rings (SSSR count). The summed E-state index contributed by atoms with van der Waals surface area (Å²) in [6.07, 6.45) is 1.63. The Balaban J connectivity index is 2.19. The molecule has 2 aromatic rings. The number of halogens is 1. The summed E-state index contributed by atoms with van der Waals surface area (Å²) in [5.74, 6) is 1.34. The monoisotopic (exact) mass is 290 g/mol. The van der Waals surface area contributed by atoms with Gasteiger partial charge in [-0.15, -0.1) is 0 Å². The van der Waals surface area contributed by atoms with Crippen LogP contribution in [-0.4, -0.2) is 23.6 Å². The van der Waals surface area contributed by atoms with Crippen LogP contribution in [0.2, 0.25) is 5.02 Å². The normalized spacial score (nSPS) is 10.4. The Kier molecular flexibility index (Phi) is 4.79. The van der Waals surface area contributed by atoms with Crippen molar-refractivity contribution in [3.63, 3.8) is 0 Å². The molecule has 1 aromatic carbocycles. The van der Waals surface area contributed by atoms with Gasteiger partial charge >= 0.3 is 0 Å². The van der Waals surface area contributed by atoms with Gasteiger partial charge in [0, 0.05) is 20.1 Å². The second-order valence-corrected chi connectivity index (χ2v) is 5.15. The van der Waals surface area contributed by atoms with Crippen LogP contribution in [0, 0.1) is 6.92 Å². The summed E-state index contributed by atoms with van der Waals surface area (Å²) >= 11 is 6.19. The largest absolute Gasteiger partial charge is 0.354 e. The Bertz CT molecular complexity index is 586. The summed E-state index contributed by atoms with van der Waals surface area (Å²) < 4.78 is 0. The third-order valence-electron chi connectivity index (χ3n) is 2.92. The molecule has 1 heterocycles. The molecule has 0 saturated carbocycles. The predicted octanol–water partition coefficient (Wildman–Crippen LogP) is 3.51. The van der Waals surface area contributed by atoms with Gasteiger partial charge < -0.3 is 10.2 Å². The fraction of sp³-hybridized carbons (Fsp3) is 0.333. The molecule has 20 heavy (non-hydrogen) atoms. The van der Waals surface area contributed by atoms with Crippen LogP contribution in [0.3, 0.4) is 0 Å². The van der Waals surface area contributed by atoms with Crippen LogP contribution in [0.1, 0.15) is 18.1 Å². The lowest BCUT2D eigenvalue weighted by Gasteiger charge is -2.20. The second kappa shape index (κ2) is 6.57. The van der Waals surface area contributed by atoms with E-state index >= 15 is 0 Å². The van der Waals surface area contributed by atoms with E-state index in [4.69, 9.17) is 11.6 Å². The molecular weight excluding hydrogens is 272 g/mol. The van der Waals surface area contributed by atoms with Crippen molar-refractivity contribution in [2.24, 2.45) is 0 Å². The first-order valence-electron chi connectivity index (χ1n) is 6.63. The standard InChI is InChI=1S/C15H19ClN4/c1-4-17-15-18-9-13(16)14(19-15)20(3)10-12-7-5-6-11(2)8-12/h5-9H,4,10H2,1-3H3,(H,17,18,19). The molecule has 0 radical (unpaired) electrons. The quantitative estimate of drug-likeness (QED) is 0.915. The Morgan fingerprint density at radius 3 is 2.85 bits per heavy atom. The number of hydrogen-bond acceptors (Lipinski definition) is 4. The zero-order valence-electron chi connectivity index (χ0n) is 12.0. The van der Waals surface area contributed by atoms with Crippen molar-refractivity contribution in [2.75, 3.05) is 23.8 Å². The third kappa shape index (κ3) is 3.61. The van der Waals surface area contributed by atoms with Gasteiger partial charge in [0.15, 0.2) is 5.82 Å². The highest BCUT2D eigenvalue weighted by molar-refractivity contribution is 6.32. The van der Waals surface area contributed by atoms with E-state index in [2.05, 4.69) is 46.5 Å². The van der Waals surface area contributed by atoms with E-state index < -0.39 is 0 Å². The zero-order chi connectivity index (χ0) is 14.5. The lowest BCUT2D eigenvalue weighted by Crippen LogP contribution is -2.19. The zero-order valence-corrected chi connectivity index (χ0v) is 12.8. The van der Waals surface area contributed by atoms with Gasteiger partial charge in [0.1, 0.15) is 5.02 Å². The summed E-state index contributed by atoms with van der Waals surface area (Å²) in [7, 11) is 1.98. The van der Waals surface area contributed by atoms with Gasteiger partial charge in [0.25, 0.3) is 0 Å². The molecule has 106 valence electrons. The Labute approximate surface area is 124 Å². The number of benzene rings is 1. The summed E-state index contributed by atoms with van der Waals surface area (Å²) in [6, 6.07) is 8.41. The van der Waals surface area contributed by atoms with Crippen molar-refractivity contribution < 1.29 is 0 Å². The number of aromatic nitrogens is 2. The number of anilines is 2. The molecular formula is C15H19ClN4. The Morgan fingerprint density at radius 1 is 1.35 bits per heavy atom. The highest BCUT2D eigenvalue weighted by atomic mass is 35.5. The molecule has 0 unspecified atom stereocenters. The molecule has 0 aliphatic heterocycles. The molecule has 0 aliphatic rings. The second-order valence-electron chi connectivity index (χ2n) is 4.74. The van der Waals surface area contributed by atoms with Crippen LogP contribution in [0.15, 0.2) is 30.5 Å². The number of nitrogens with zero attached hydrogens (tertiary/aromatic N) is 3. The van der Waals surface area contributed by atoms with Gasteiger partial charge in [0.2, 0.25) is 5.95 Å². The summed E-state index contributed by atoms with van der Waals surface area (Å²) in [6.45, 7) is 5.63. The highest BCUT2D eigenvalue weighted by Crippen LogP contribution is 2.24. The van der Waals surface area contributed by atoms with Crippen LogP contribution < -0.4 is 10.2 Å². The maximum absolute atomic E-state index is 6.19. The number of aryl methyl sites for hydroxylation is 1. The van der Waals surface area contributed by atoms with Gasteiger partial charge in [-0.3, -0.25) is 0 Å². The van der Waals surface area contributed by atoms with Crippen molar-refractivity contribution in [3.05, 3.63) is 46.6 Å². The molecule has 0 amide bonds. The molecule has 0 bridgehead atoms. The molecule has 1 aromatic heterocycles. The third-order valence-corrected chi connectivity index (χ3v) is 3.19. The van der Waals surface area contributed by atoms with E-state index in [1.54, 1.807) is 6.20 Å². The van der Waals surface area contributed by atoms with E-state index in [0.717, 1.165) is 18.9 Å². The summed E-state index contributed by atoms with van der Waals surface area (Å²) in [5, 5.41) is 3.65. The van der Waals surface area contributed by atoms with E-state index in [0.29, 0.717) is 11.0 Å². The minimum Gasteiger partial charge on any atom is -0.354 e. The molecule has 0 aliphatic carbocycles. The number of rotatable bonds is 5. The molecule has 0 fully saturated rings. The van der Waals surface area contributed by atoms with Gasteiger partial charge in [-0.1, -0.05) is 41.4 Å². The van der Waals surface area contributed by atoms with Crippen molar-refractivity contribution >= 4 is 23.4 Å². The fourth-order valence-electron chi connectivity index (χ4n) is 2.03. The van der Waals surface area contributed by atoms with Crippen LogP contribution in [0.4, 0.5) is 11.8 Å². The maximum Gasteiger partial charge on any atom is 0.224 e. The van der Waals surface area contributed by atoms with Crippen LogP contribution in [-0.2, 0) is 6.54 Å². The molecule has 1 N–H and O–H groups in total. The number of nitrogens with one attached hydrogen (secondary N) is 1. The molecule has 4 nitrogen and oxygen atoms in total. The van der Waals surface area contributed by atoms with Gasteiger partial charge in [-0.2, -0.15) is 4.98 Å². The van der Waals surface area contributed by atoms with Crippen LogP contribution in [0.25, 0.3) is 0 Å². The maximum atomic E-state index is 6.19. The van der Waals surface area contributed by atoms with Crippen LogP contribution >= 0.6 is 11.6 Å². The van der Waals surface area contributed by atoms with Crippen LogP contribution in [0.5, 0.6) is 0 Å². The van der Waals surface area contributed by atoms with Crippen molar-refractivity contribution in [1.29, 1.82) is 0 Å². The molecule has 0 atom stereocenters. The van der Waals surface area contributed by atoms with E-state index in [1.807, 2.05) is 18.9 Å². The first-order chi connectivity index (χ1) is 9.60. The predicted molar refractivity (Wildman–Crippen MR) is 84.5 cm³/mol. The van der Waals surface area contributed by atoms with Gasteiger partial charge in [-0.25, -0.2) is 4.98 Å². The van der Waals surface area contributed by atoms with Crippen molar-refractivity contribution in [2.45, 2.75) is 20.4 Å². The van der Waals surface area contributed by atoms with E-state index in [-0.39, 0.29) is 0 Å². The molecule has 0 saturated heterocycles. The minimum atomic E-state index is 0.557. The fourth-order valence-corrected chi connectivity index (χ4v) is 2.26. The summed E-state index contributed by atoms with van der Waals surface area (Å²) in [5.41, 5.74) is 2.48. The Hall–Kier alpha value is -1.81. The lowest BCUT2D eigenvalue weighted by molar-refractivity contribution is 0.889. The van der Waals surface area contributed by atoms with E-state index in [1.165, 1.54) is 11.1 Å².